The SMILES string of the molecule is CC(C)C1CCCC(CN)(N2CCSCC2)C1. The van der Waals surface area contributed by atoms with Crippen molar-refractivity contribution in [3.8, 4) is 0 Å². The van der Waals surface area contributed by atoms with Crippen molar-refractivity contribution in [2.45, 2.75) is 45.1 Å². The summed E-state index contributed by atoms with van der Waals surface area (Å²) in [4.78, 5) is 2.72. The maximum Gasteiger partial charge on any atom is 0.0335 e. The van der Waals surface area contributed by atoms with Gasteiger partial charge in [-0.15, -0.1) is 0 Å². The Morgan fingerprint density at radius 1 is 1.35 bits per heavy atom. The Kier molecular flexibility index (Phi) is 4.79. The summed E-state index contributed by atoms with van der Waals surface area (Å²) in [6.45, 7) is 8.13. The van der Waals surface area contributed by atoms with Crippen molar-refractivity contribution in [1.82, 2.24) is 4.90 Å². The van der Waals surface area contributed by atoms with Crippen LogP contribution in [0.4, 0.5) is 0 Å². The van der Waals surface area contributed by atoms with E-state index in [2.05, 4.69) is 30.5 Å². The summed E-state index contributed by atoms with van der Waals surface area (Å²) in [6, 6.07) is 0. The molecule has 0 aromatic rings. The fourth-order valence-corrected chi connectivity index (χ4v) is 4.50. The topological polar surface area (TPSA) is 29.3 Å². The third-order valence-corrected chi connectivity index (χ3v) is 5.81. The molecule has 1 heterocycles. The third-order valence-electron chi connectivity index (χ3n) is 4.86. The van der Waals surface area contributed by atoms with Gasteiger partial charge >= 0.3 is 0 Å². The highest BCUT2D eigenvalue weighted by atomic mass is 32.2. The summed E-state index contributed by atoms with van der Waals surface area (Å²) in [5.74, 6) is 4.31. The van der Waals surface area contributed by atoms with Crippen LogP contribution >= 0.6 is 11.8 Å². The summed E-state index contributed by atoms with van der Waals surface area (Å²) < 4.78 is 0. The van der Waals surface area contributed by atoms with Crippen LogP contribution in [0.1, 0.15) is 39.5 Å². The van der Waals surface area contributed by atoms with Crippen molar-refractivity contribution >= 4 is 11.8 Å². The van der Waals surface area contributed by atoms with Gasteiger partial charge in [-0.2, -0.15) is 11.8 Å². The van der Waals surface area contributed by atoms with Gasteiger partial charge in [-0.05, 0) is 24.7 Å². The molecule has 100 valence electrons. The fraction of sp³-hybridized carbons (Fsp3) is 1.00. The van der Waals surface area contributed by atoms with Crippen LogP contribution in [0.25, 0.3) is 0 Å². The molecule has 2 rings (SSSR count). The molecule has 0 radical (unpaired) electrons. The van der Waals surface area contributed by atoms with Gasteiger partial charge in [0, 0.05) is 36.7 Å². The van der Waals surface area contributed by atoms with E-state index in [-0.39, 0.29) is 0 Å². The zero-order valence-corrected chi connectivity index (χ0v) is 12.3. The Bertz CT molecular complexity index is 238. The number of hydrogen-bond acceptors (Lipinski definition) is 3. The second-order valence-corrected chi connectivity index (χ2v) is 7.35. The molecule has 17 heavy (non-hydrogen) atoms. The first kappa shape index (κ1) is 13.7. The predicted octanol–water partition coefficient (Wildman–Crippen LogP) is 2.58. The van der Waals surface area contributed by atoms with E-state index in [4.69, 9.17) is 5.73 Å². The van der Waals surface area contributed by atoms with E-state index in [0.29, 0.717) is 5.54 Å². The van der Waals surface area contributed by atoms with Gasteiger partial charge in [0.05, 0.1) is 0 Å². The van der Waals surface area contributed by atoms with Crippen LogP contribution in [0.3, 0.4) is 0 Å². The highest BCUT2D eigenvalue weighted by Crippen LogP contribution is 2.40. The van der Waals surface area contributed by atoms with Crippen molar-refractivity contribution in [2.24, 2.45) is 17.6 Å². The Labute approximate surface area is 111 Å². The number of hydrogen-bond donors (Lipinski definition) is 1. The Morgan fingerprint density at radius 3 is 2.65 bits per heavy atom. The van der Waals surface area contributed by atoms with E-state index in [1.807, 2.05) is 0 Å². The van der Waals surface area contributed by atoms with Crippen molar-refractivity contribution < 1.29 is 0 Å². The van der Waals surface area contributed by atoms with Gasteiger partial charge in [-0.3, -0.25) is 4.90 Å². The van der Waals surface area contributed by atoms with Crippen molar-refractivity contribution in [1.29, 1.82) is 0 Å². The molecule has 0 aromatic heterocycles. The van der Waals surface area contributed by atoms with Crippen molar-refractivity contribution in [3.63, 3.8) is 0 Å². The normalized spacial score (nSPS) is 36.4. The van der Waals surface area contributed by atoms with E-state index in [9.17, 15) is 0 Å². The minimum Gasteiger partial charge on any atom is -0.329 e. The monoisotopic (exact) mass is 256 g/mol. The van der Waals surface area contributed by atoms with Crippen molar-refractivity contribution in [2.75, 3.05) is 31.1 Å². The maximum absolute atomic E-state index is 6.18. The van der Waals surface area contributed by atoms with Crippen LogP contribution in [0.2, 0.25) is 0 Å². The molecule has 0 aromatic carbocycles. The minimum absolute atomic E-state index is 0.341. The van der Waals surface area contributed by atoms with Gasteiger partial charge in [-0.1, -0.05) is 26.7 Å². The van der Waals surface area contributed by atoms with Gasteiger partial charge < -0.3 is 5.73 Å². The quantitative estimate of drug-likeness (QED) is 0.841. The molecule has 0 bridgehead atoms. The molecule has 1 aliphatic carbocycles. The van der Waals surface area contributed by atoms with Crippen LogP contribution in [-0.4, -0.2) is 41.6 Å². The highest BCUT2D eigenvalue weighted by Gasteiger charge is 2.41. The van der Waals surface area contributed by atoms with E-state index in [1.54, 1.807) is 0 Å². The average Bonchev–Trinajstić information content (AvgIpc) is 2.39. The zero-order valence-electron chi connectivity index (χ0n) is 11.5. The zero-order chi connectivity index (χ0) is 12.3. The number of thioether (sulfide) groups is 1. The first-order chi connectivity index (χ1) is 8.18. The Morgan fingerprint density at radius 2 is 2.06 bits per heavy atom. The third kappa shape index (κ3) is 2.99. The molecule has 2 N–H and O–H groups in total. The van der Waals surface area contributed by atoms with Crippen LogP contribution in [0.5, 0.6) is 0 Å². The van der Waals surface area contributed by atoms with E-state index >= 15 is 0 Å². The van der Waals surface area contributed by atoms with Gasteiger partial charge in [-0.25, -0.2) is 0 Å². The molecular weight excluding hydrogens is 228 g/mol. The fourth-order valence-electron chi connectivity index (χ4n) is 3.59. The molecule has 0 spiro atoms. The number of nitrogens with two attached hydrogens (primary N) is 1. The maximum atomic E-state index is 6.18. The lowest BCUT2D eigenvalue weighted by Crippen LogP contribution is -2.58. The minimum atomic E-state index is 0.341. The molecule has 2 unspecified atom stereocenters. The lowest BCUT2D eigenvalue weighted by atomic mass is 9.71. The largest absolute Gasteiger partial charge is 0.329 e. The van der Waals surface area contributed by atoms with Gasteiger partial charge in [0.1, 0.15) is 0 Å². The number of rotatable bonds is 3. The molecule has 1 aliphatic heterocycles. The highest BCUT2D eigenvalue weighted by molar-refractivity contribution is 7.99. The molecule has 0 amide bonds. The average molecular weight is 256 g/mol. The van der Waals surface area contributed by atoms with E-state index in [0.717, 1.165) is 18.4 Å². The van der Waals surface area contributed by atoms with Gasteiger partial charge in [0.15, 0.2) is 0 Å². The lowest BCUT2D eigenvalue weighted by molar-refractivity contribution is 0.0328. The number of nitrogens with zero attached hydrogens (tertiary/aromatic N) is 1. The first-order valence-electron chi connectivity index (χ1n) is 7.21. The smallest absolute Gasteiger partial charge is 0.0335 e. The summed E-state index contributed by atoms with van der Waals surface area (Å²) in [6.07, 6.45) is 5.47. The summed E-state index contributed by atoms with van der Waals surface area (Å²) in [7, 11) is 0. The standard InChI is InChI=1S/C14H28N2S/c1-12(2)13-4-3-5-14(10-13,11-15)16-6-8-17-9-7-16/h12-13H,3-11,15H2,1-2H3. The van der Waals surface area contributed by atoms with E-state index < -0.39 is 0 Å². The Hall–Kier alpha value is 0.270. The molecular formula is C14H28N2S. The van der Waals surface area contributed by atoms with Crippen LogP contribution in [0, 0.1) is 11.8 Å². The molecule has 3 heteroatoms. The molecule has 2 aliphatic rings. The van der Waals surface area contributed by atoms with Crippen LogP contribution in [-0.2, 0) is 0 Å². The lowest BCUT2D eigenvalue weighted by Gasteiger charge is -2.50. The summed E-state index contributed by atoms with van der Waals surface area (Å²) >= 11 is 2.10. The summed E-state index contributed by atoms with van der Waals surface area (Å²) in [5.41, 5.74) is 6.52. The molecule has 1 saturated heterocycles. The van der Waals surface area contributed by atoms with Crippen LogP contribution in [0.15, 0.2) is 0 Å². The first-order valence-corrected chi connectivity index (χ1v) is 8.36. The van der Waals surface area contributed by atoms with Gasteiger partial charge in [0.2, 0.25) is 0 Å². The second-order valence-electron chi connectivity index (χ2n) is 6.13. The summed E-state index contributed by atoms with van der Waals surface area (Å²) in [5, 5.41) is 0. The second kappa shape index (κ2) is 5.94. The van der Waals surface area contributed by atoms with E-state index in [1.165, 1.54) is 50.3 Å². The molecule has 2 atom stereocenters. The predicted molar refractivity (Wildman–Crippen MR) is 77.5 cm³/mol. The molecule has 1 saturated carbocycles. The van der Waals surface area contributed by atoms with Crippen molar-refractivity contribution in [3.05, 3.63) is 0 Å². The molecule has 2 fully saturated rings. The molecule has 2 nitrogen and oxygen atoms in total. The Balaban J connectivity index is 2.06. The van der Waals surface area contributed by atoms with Gasteiger partial charge in [0.25, 0.3) is 0 Å². The van der Waals surface area contributed by atoms with Crippen LogP contribution < -0.4 is 5.73 Å².